The molecular weight excluding hydrogens is 452 g/mol. The summed E-state index contributed by atoms with van der Waals surface area (Å²) in [6, 6.07) is 21.4. The molecule has 32 heavy (non-hydrogen) atoms. The van der Waals surface area contributed by atoms with Gasteiger partial charge in [-0.05, 0) is 42.8 Å². The quantitative estimate of drug-likeness (QED) is 0.502. The van der Waals surface area contributed by atoms with Gasteiger partial charge in [0.05, 0.1) is 22.8 Å². The van der Waals surface area contributed by atoms with Crippen LogP contribution in [0.25, 0.3) is 0 Å². The number of carbonyl (C=O) groups is 2. The molecular formula is C23H21ClN2O5S. The lowest BCUT2D eigenvalue weighted by Crippen LogP contribution is -2.31. The molecule has 3 aromatic rings. The van der Waals surface area contributed by atoms with Crippen molar-refractivity contribution in [1.29, 1.82) is 0 Å². The van der Waals surface area contributed by atoms with Crippen LogP contribution in [0.4, 0.5) is 5.69 Å². The highest BCUT2D eigenvalue weighted by molar-refractivity contribution is 7.93. The maximum Gasteiger partial charge on any atom is 0.338 e. The third-order valence-corrected chi connectivity index (χ3v) is 6.89. The molecule has 0 bridgehead atoms. The molecule has 0 spiro atoms. The molecule has 0 aromatic heterocycles. The number of sulfonamides is 1. The van der Waals surface area contributed by atoms with Crippen LogP contribution in [0.2, 0.25) is 5.02 Å². The Kier molecular flexibility index (Phi) is 7.17. The standard InChI is InChI=1S/C23H21ClN2O5S/c1-16(22(25)27)31-23(28)18-12-13-20(24)21(14-18)32(29,30)26(19-10-6-3-7-11-19)15-17-8-4-2-5-9-17/h2-14,16H,15H2,1H3,(H2,25,27). The average molecular weight is 473 g/mol. The summed E-state index contributed by atoms with van der Waals surface area (Å²) in [6.45, 7) is 1.38. The Morgan fingerprint density at radius 1 is 1.00 bits per heavy atom. The van der Waals surface area contributed by atoms with Crippen molar-refractivity contribution in [3.63, 3.8) is 0 Å². The zero-order chi connectivity index (χ0) is 23.3. The summed E-state index contributed by atoms with van der Waals surface area (Å²) in [6.07, 6.45) is -1.17. The highest BCUT2D eigenvalue weighted by Crippen LogP contribution is 2.31. The summed E-state index contributed by atoms with van der Waals surface area (Å²) in [5, 5.41) is -0.0570. The van der Waals surface area contributed by atoms with Crippen LogP contribution in [0.1, 0.15) is 22.8 Å². The van der Waals surface area contributed by atoms with Crippen LogP contribution >= 0.6 is 11.6 Å². The summed E-state index contributed by atoms with van der Waals surface area (Å²) >= 11 is 6.24. The molecule has 0 aliphatic rings. The number of rotatable bonds is 8. The fourth-order valence-electron chi connectivity index (χ4n) is 2.89. The van der Waals surface area contributed by atoms with Crippen molar-refractivity contribution in [1.82, 2.24) is 0 Å². The van der Waals surface area contributed by atoms with Crippen LogP contribution in [-0.2, 0) is 26.1 Å². The molecule has 7 nitrogen and oxygen atoms in total. The van der Waals surface area contributed by atoms with E-state index in [1.165, 1.54) is 23.4 Å². The van der Waals surface area contributed by atoms with Crippen LogP contribution in [0.5, 0.6) is 0 Å². The van der Waals surface area contributed by atoms with E-state index in [0.29, 0.717) is 5.69 Å². The van der Waals surface area contributed by atoms with Crippen molar-refractivity contribution < 1.29 is 22.7 Å². The van der Waals surface area contributed by atoms with Crippen molar-refractivity contribution in [2.24, 2.45) is 5.73 Å². The number of ether oxygens (including phenoxy) is 1. The summed E-state index contributed by atoms with van der Waals surface area (Å²) in [7, 11) is -4.18. The molecule has 0 saturated heterocycles. The molecule has 166 valence electrons. The number of halogens is 1. The number of para-hydroxylation sites is 1. The maximum atomic E-state index is 13.7. The van der Waals surface area contributed by atoms with E-state index in [1.807, 2.05) is 30.3 Å². The second-order valence-electron chi connectivity index (χ2n) is 6.93. The van der Waals surface area contributed by atoms with E-state index in [4.69, 9.17) is 22.1 Å². The van der Waals surface area contributed by atoms with Crippen LogP contribution in [0.3, 0.4) is 0 Å². The summed E-state index contributed by atoms with van der Waals surface area (Å²) in [5.74, 6) is -1.71. The van der Waals surface area contributed by atoms with E-state index in [2.05, 4.69) is 0 Å². The van der Waals surface area contributed by atoms with Crippen LogP contribution in [0, 0.1) is 0 Å². The number of carbonyl (C=O) groups excluding carboxylic acids is 2. The van der Waals surface area contributed by atoms with Gasteiger partial charge in [0.2, 0.25) is 0 Å². The molecule has 0 aliphatic heterocycles. The third kappa shape index (κ3) is 5.27. The number of hydrogen-bond donors (Lipinski definition) is 1. The number of nitrogens with two attached hydrogens (primary N) is 1. The monoisotopic (exact) mass is 472 g/mol. The first-order valence-electron chi connectivity index (χ1n) is 9.61. The van der Waals surface area contributed by atoms with Crippen molar-refractivity contribution >= 4 is 39.2 Å². The summed E-state index contributed by atoms with van der Waals surface area (Å²) in [4.78, 5) is 23.3. The fourth-order valence-corrected chi connectivity index (χ4v) is 4.85. The van der Waals surface area contributed by atoms with Gasteiger partial charge < -0.3 is 10.5 Å². The number of hydrogen-bond acceptors (Lipinski definition) is 5. The number of amides is 1. The third-order valence-electron chi connectivity index (χ3n) is 4.63. The lowest BCUT2D eigenvalue weighted by Gasteiger charge is -2.25. The van der Waals surface area contributed by atoms with Crippen LogP contribution < -0.4 is 10.0 Å². The fraction of sp³-hybridized carbons (Fsp3) is 0.130. The largest absolute Gasteiger partial charge is 0.449 e. The zero-order valence-corrected chi connectivity index (χ0v) is 18.7. The Morgan fingerprint density at radius 2 is 1.59 bits per heavy atom. The van der Waals surface area contributed by atoms with E-state index in [0.717, 1.165) is 11.6 Å². The van der Waals surface area contributed by atoms with E-state index >= 15 is 0 Å². The van der Waals surface area contributed by atoms with Crippen LogP contribution in [-0.4, -0.2) is 26.4 Å². The molecule has 0 fully saturated rings. The molecule has 1 atom stereocenters. The van der Waals surface area contributed by atoms with Crippen molar-refractivity contribution in [2.45, 2.75) is 24.5 Å². The zero-order valence-electron chi connectivity index (χ0n) is 17.1. The van der Waals surface area contributed by atoms with E-state index < -0.39 is 28.0 Å². The molecule has 1 unspecified atom stereocenters. The lowest BCUT2D eigenvalue weighted by atomic mass is 10.2. The molecule has 0 radical (unpaired) electrons. The Hall–Kier alpha value is -3.36. The number of anilines is 1. The van der Waals surface area contributed by atoms with Gasteiger partial charge in [-0.1, -0.05) is 60.1 Å². The minimum absolute atomic E-state index is 0.0525. The topological polar surface area (TPSA) is 107 Å². The molecule has 1 amide bonds. The maximum absolute atomic E-state index is 13.7. The van der Waals surface area contributed by atoms with Gasteiger partial charge >= 0.3 is 5.97 Å². The molecule has 0 saturated carbocycles. The number of nitrogens with zero attached hydrogens (tertiary/aromatic N) is 1. The highest BCUT2D eigenvalue weighted by atomic mass is 35.5. The van der Waals surface area contributed by atoms with Gasteiger partial charge in [0.1, 0.15) is 4.90 Å². The Labute approximate surface area is 191 Å². The van der Waals surface area contributed by atoms with Crippen molar-refractivity contribution in [3.8, 4) is 0 Å². The van der Waals surface area contributed by atoms with Gasteiger partial charge in [0.25, 0.3) is 15.9 Å². The number of primary amides is 1. The summed E-state index contributed by atoms with van der Waals surface area (Å²) < 4.78 is 33.6. The van der Waals surface area contributed by atoms with Gasteiger partial charge in [0, 0.05) is 0 Å². The van der Waals surface area contributed by atoms with Crippen LogP contribution in [0.15, 0.2) is 83.8 Å². The molecule has 0 heterocycles. The first-order valence-corrected chi connectivity index (χ1v) is 11.4. The minimum Gasteiger partial charge on any atom is -0.449 e. The second-order valence-corrected chi connectivity index (χ2v) is 9.17. The molecule has 3 rings (SSSR count). The first-order chi connectivity index (χ1) is 15.2. The molecule has 9 heteroatoms. The SMILES string of the molecule is CC(OC(=O)c1ccc(Cl)c(S(=O)(=O)N(Cc2ccccc2)c2ccccc2)c1)C(N)=O. The predicted molar refractivity (Wildman–Crippen MR) is 122 cm³/mol. The van der Waals surface area contributed by atoms with Gasteiger partial charge in [-0.25, -0.2) is 13.2 Å². The smallest absolute Gasteiger partial charge is 0.338 e. The first kappa shape index (κ1) is 23.3. The number of benzene rings is 3. The molecule has 0 aliphatic carbocycles. The van der Waals surface area contributed by atoms with Gasteiger partial charge in [-0.3, -0.25) is 9.10 Å². The summed E-state index contributed by atoms with van der Waals surface area (Å²) in [5.41, 5.74) is 6.25. The number of esters is 1. The Bertz CT molecular complexity index is 1220. The highest BCUT2D eigenvalue weighted by Gasteiger charge is 2.29. The van der Waals surface area contributed by atoms with E-state index in [9.17, 15) is 18.0 Å². The molecule has 2 N–H and O–H groups in total. The van der Waals surface area contributed by atoms with Crippen molar-refractivity contribution in [2.75, 3.05) is 4.31 Å². The minimum atomic E-state index is -4.18. The average Bonchev–Trinajstić information content (AvgIpc) is 2.78. The Balaban J connectivity index is 2.04. The Morgan fingerprint density at radius 3 is 2.19 bits per heavy atom. The molecule has 3 aromatic carbocycles. The van der Waals surface area contributed by atoms with E-state index in [-0.39, 0.29) is 22.0 Å². The van der Waals surface area contributed by atoms with Gasteiger partial charge in [-0.15, -0.1) is 0 Å². The lowest BCUT2D eigenvalue weighted by molar-refractivity contribution is -0.125. The second kappa shape index (κ2) is 9.84. The van der Waals surface area contributed by atoms with E-state index in [1.54, 1.807) is 30.3 Å². The van der Waals surface area contributed by atoms with Gasteiger partial charge in [-0.2, -0.15) is 0 Å². The van der Waals surface area contributed by atoms with Crippen molar-refractivity contribution in [3.05, 3.63) is 95.0 Å². The normalized spacial score (nSPS) is 12.1. The van der Waals surface area contributed by atoms with Gasteiger partial charge in [0.15, 0.2) is 6.10 Å². The predicted octanol–water partition coefficient (Wildman–Crippen LogP) is 3.77.